The SMILES string of the molecule is COc1ccccc1-c1cccc(C[C@@H]2NC(=O)[C@@H](NC(=O)OC(C)(C)C)CCCCC/C=C\[C@@H]3C[C@@]3(C(=O)NS(=O)(=O)C3CC3)NC2=O)c1. The van der Waals surface area contributed by atoms with E-state index in [0.29, 0.717) is 43.4 Å². The molecule has 270 valence electrons. The van der Waals surface area contributed by atoms with Gasteiger partial charge in [-0.1, -0.05) is 67.5 Å². The van der Waals surface area contributed by atoms with Gasteiger partial charge >= 0.3 is 6.09 Å². The summed E-state index contributed by atoms with van der Waals surface area (Å²) in [6, 6.07) is 12.8. The first-order chi connectivity index (χ1) is 23.7. The molecule has 0 unspecified atom stereocenters. The molecule has 1 heterocycles. The van der Waals surface area contributed by atoms with Gasteiger partial charge in [0.25, 0.3) is 5.91 Å². The summed E-state index contributed by atoms with van der Waals surface area (Å²) < 4.78 is 38.7. The van der Waals surface area contributed by atoms with Gasteiger partial charge in [-0.2, -0.15) is 0 Å². The van der Waals surface area contributed by atoms with Gasteiger partial charge in [0.2, 0.25) is 21.8 Å². The van der Waals surface area contributed by atoms with Crippen LogP contribution in [0.5, 0.6) is 5.75 Å². The Labute approximate surface area is 294 Å². The summed E-state index contributed by atoms with van der Waals surface area (Å²) in [5, 5.41) is 7.75. The number of allylic oxidation sites excluding steroid dienone is 1. The Hall–Kier alpha value is -4.39. The highest BCUT2D eigenvalue weighted by Crippen LogP contribution is 2.46. The Bertz CT molecular complexity index is 1730. The number of benzene rings is 2. The van der Waals surface area contributed by atoms with E-state index in [4.69, 9.17) is 9.47 Å². The van der Waals surface area contributed by atoms with Crippen LogP contribution in [-0.4, -0.2) is 67.8 Å². The molecule has 4 atom stereocenters. The van der Waals surface area contributed by atoms with E-state index in [-0.39, 0.29) is 12.8 Å². The van der Waals surface area contributed by atoms with Gasteiger partial charge in [0, 0.05) is 17.9 Å². The summed E-state index contributed by atoms with van der Waals surface area (Å²) in [4.78, 5) is 54.5. The molecule has 2 aromatic rings. The van der Waals surface area contributed by atoms with E-state index < -0.39 is 68.2 Å². The third kappa shape index (κ3) is 9.43. The standard InChI is InChI=1S/C37H48N4O8S/c1-36(2,3)49-35(45)39-29-17-9-7-5-6-8-15-26-23-37(26,34(44)41-50(46,47)27-19-20-27)40-33(43)30(38-32(29)42)22-24-13-12-14-25(21-24)28-16-10-11-18-31(28)48-4/h8,10-16,18,21,26-27,29-30H,5-7,9,17,19-20,22-23H2,1-4H3,(H,38,42)(H,39,45)(H,40,43)(H,41,44)/b15-8-/t26-,29+,30+,37-/m1/s1. The van der Waals surface area contributed by atoms with Crippen LogP contribution in [0.25, 0.3) is 11.1 Å². The molecule has 3 aliphatic rings. The molecule has 50 heavy (non-hydrogen) atoms. The van der Waals surface area contributed by atoms with E-state index in [0.717, 1.165) is 24.0 Å². The maximum absolute atomic E-state index is 14.2. The maximum atomic E-state index is 14.2. The van der Waals surface area contributed by atoms with Crippen LogP contribution in [0.1, 0.15) is 77.7 Å². The number of amides is 4. The topological polar surface area (TPSA) is 169 Å². The minimum absolute atomic E-state index is 0.0400. The zero-order valence-electron chi connectivity index (χ0n) is 29.1. The minimum Gasteiger partial charge on any atom is -0.496 e. The highest BCUT2D eigenvalue weighted by molar-refractivity contribution is 7.91. The first-order valence-corrected chi connectivity index (χ1v) is 18.8. The van der Waals surface area contributed by atoms with Gasteiger partial charge in [-0.05, 0) is 76.5 Å². The number of methoxy groups -OCH3 is 1. The number of hydrogen-bond donors (Lipinski definition) is 4. The second-order valence-electron chi connectivity index (χ2n) is 14.4. The summed E-state index contributed by atoms with van der Waals surface area (Å²) in [5.41, 5.74) is 0.109. The summed E-state index contributed by atoms with van der Waals surface area (Å²) in [6.07, 6.45) is 7.50. The normalized spacial score (nSPS) is 25.3. The number of fused-ring (bicyclic) bond motifs is 1. The second kappa shape index (κ2) is 15.2. The molecule has 2 aliphatic carbocycles. The van der Waals surface area contributed by atoms with Crippen molar-refractivity contribution in [3.8, 4) is 16.9 Å². The first kappa shape index (κ1) is 36.9. The fourth-order valence-electron chi connectivity index (χ4n) is 6.20. The zero-order valence-corrected chi connectivity index (χ0v) is 29.9. The maximum Gasteiger partial charge on any atom is 0.408 e. The number of sulfonamides is 1. The lowest BCUT2D eigenvalue weighted by molar-refractivity contribution is -0.133. The van der Waals surface area contributed by atoms with Crippen molar-refractivity contribution >= 4 is 33.8 Å². The summed E-state index contributed by atoms with van der Waals surface area (Å²) in [5.74, 6) is -1.77. The van der Waals surface area contributed by atoms with Crippen molar-refractivity contribution in [3.05, 3.63) is 66.2 Å². The molecule has 5 rings (SSSR count). The Balaban J connectivity index is 1.46. The summed E-state index contributed by atoms with van der Waals surface area (Å²) in [6.45, 7) is 5.18. The zero-order chi connectivity index (χ0) is 36.1. The molecule has 12 nitrogen and oxygen atoms in total. The van der Waals surface area contributed by atoms with Crippen LogP contribution in [0.2, 0.25) is 0 Å². The predicted octanol–water partition coefficient (Wildman–Crippen LogP) is 4.29. The van der Waals surface area contributed by atoms with Gasteiger partial charge in [0.1, 0.15) is 29.0 Å². The number of ether oxygens (including phenoxy) is 2. The molecule has 2 fully saturated rings. The van der Waals surface area contributed by atoms with Crippen molar-refractivity contribution in [2.24, 2.45) is 5.92 Å². The molecule has 0 saturated heterocycles. The van der Waals surface area contributed by atoms with Crippen molar-refractivity contribution in [2.75, 3.05) is 7.11 Å². The van der Waals surface area contributed by atoms with Gasteiger partial charge < -0.3 is 25.4 Å². The lowest BCUT2D eigenvalue weighted by Gasteiger charge is -2.27. The van der Waals surface area contributed by atoms with E-state index in [1.54, 1.807) is 27.9 Å². The van der Waals surface area contributed by atoms with E-state index in [1.165, 1.54) is 0 Å². The second-order valence-corrected chi connectivity index (χ2v) is 16.3. The third-order valence-corrected chi connectivity index (χ3v) is 10.9. The molecular formula is C37H48N4O8S. The first-order valence-electron chi connectivity index (χ1n) is 17.3. The lowest BCUT2D eigenvalue weighted by Crippen LogP contribution is -2.59. The molecular weight excluding hydrogens is 660 g/mol. The molecule has 2 aromatic carbocycles. The Morgan fingerprint density at radius 1 is 0.980 bits per heavy atom. The van der Waals surface area contributed by atoms with Crippen LogP contribution in [0, 0.1) is 5.92 Å². The van der Waals surface area contributed by atoms with E-state index >= 15 is 0 Å². The Morgan fingerprint density at radius 3 is 2.46 bits per heavy atom. The average Bonchev–Trinajstić information content (AvgIpc) is 3.98. The van der Waals surface area contributed by atoms with E-state index in [9.17, 15) is 27.6 Å². The summed E-state index contributed by atoms with van der Waals surface area (Å²) >= 11 is 0. The Morgan fingerprint density at radius 2 is 1.74 bits per heavy atom. The van der Waals surface area contributed by atoms with Crippen molar-refractivity contribution in [1.29, 1.82) is 0 Å². The van der Waals surface area contributed by atoms with E-state index in [2.05, 4.69) is 20.7 Å². The van der Waals surface area contributed by atoms with Gasteiger partial charge in [0.15, 0.2) is 0 Å². The van der Waals surface area contributed by atoms with Crippen molar-refractivity contribution in [2.45, 2.75) is 107 Å². The molecule has 1 aliphatic heterocycles. The summed E-state index contributed by atoms with van der Waals surface area (Å²) in [7, 11) is -2.29. The number of para-hydroxylation sites is 1. The number of rotatable bonds is 8. The third-order valence-electron chi connectivity index (χ3n) is 9.12. The fraction of sp³-hybridized carbons (Fsp3) is 0.514. The fourth-order valence-corrected chi connectivity index (χ4v) is 7.57. The van der Waals surface area contributed by atoms with Gasteiger partial charge in [-0.25, -0.2) is 13.2 Å². The highest BCUT2D eigenvalue weighted by Gasteiger charge is 2.61. The number of alkyl carbamates (subject to hydrolysis) is 1. The van der Waals surface area contributed by atoms with Crippen molar-refractivity contribution < 1.29 is 37.1 Å². The van der Waals surface area contributed by atoms with Crippen molar-refractivity contribution in [1.82, 2.24) is 20.7 Å². The Kier molecular flexibility index (Phi) is 11.2. The van der Waals surface area contributed by atoms with Crippen molar-refractivity contribution in [3.63, 3.8) is 0 Å². The highest BCUT2D eigenvalue weighted by atomic mass is 32.2. The molecule has 0 aromatic heterocycles. The molecule has 13 heteroatoms. The molecule has 0 spiro atoms. The molecule has 0 radical (unpaired) electrons. The predicted molar refractivity (Wildman–Crippen MR) is 189 cm³/mol. The lowest BCUT2D eigenvalue weighted by atomic mass is 9.97. The van der Waals surface area contributed by atoms with Crippen LogP contribution in [0.15, 0.2) is 60.7 Å². The smallest absolute Gasteiger partial charge is 0.408 e. The van der Waals surface area contributed by atoms with Crippen LogP contribution in [-0.2, 0) is 35.6 Å². The van der Waals surface area contributed by atoms with Crippen LogP contribution < -0.4 is 25.4 Å². The number of carbonyl (C=O) groups excluding carboxylic acids is 4. The largest absolute Gasteiger partial charge is 0.496 e. The number of carbonyl (C=O) groups is 4. The molecule has 4 N–H and O–H groups in total. The number of hydrogen-bond acceptors (Lipinski definition) is 8. The van der Waals surface area contributed by atoms with Crippen LogP contribution >= 0.6 is 0 Å². The average molecular weight is 709 g/mol. The molecule has 0 bridgehead atoms. The minimum atomic E-state index is -3.88. The van der Waals surface area contributed by atoms with Crippen LogP contribution in [0.3, 0.4) is 0 Å². The van der Waals surface area contributed by atoms with Gasteiger partial charge in [0.05, 0.1) is 12.4 Å². The van der Waals surface area contributed by atoms with Gasteiger partial charge in [-0.3, -0.25) is 19.1 Å². The van der Waals surface area contributed by atoms with E-state index in [1.807, 2.05) is 60.7 Å². The van der Waals surface area contributed by atoms with Crippen LogP contribution in [0.4, 0.5) is 4.79 Å². The molecule has 4 amide bonds. The molecule has 2 saturated carbocycles. The van der Waals surface area contributed by atoms with Gasteiger partial charge in [-0.15, -0.1) is 0 Å². The quantitative estimate of drug-likeness (QED) is 0.295. The number of nitrogens with one attached hydrogen (secondary N) is 4. The monoisotopic (exact) mass is 708 g/mol.